The molecule has 0 aromatic carbocycles. The van der Waals surface area contributed by atoms with E-state index in [2.05, 4.69) is 34.6 Å². The van der Waals surface area contributed by atoms with E-state index < -0.39 is 5.60 Å². The summed E-state index contributed by atoms with van der Waals surface area (Å²) < 4.78 is 0. The minimum atomic E-state index is -0.415. The van der Waals surface area contributed by atoms with Crippen LogP contribution in [-0.4, -0.2) is 10.7 Å². The monoisotopic (exact) mass is 388 g/mol. The maximum Gasteiger partial charge on any atom is 0.0648 e. The second-order valence-electron chi connectivity index (χ2n) is 12.2. The van der Waals surface area contributed by atoms with Crippen molar-refractivity contribution in [3.05, 3.63) is 0 Å². The first kappa shape index (κ1) is 21.2. The van der Waals surface area contributed by atoms with Crippen molar-refractivity contribution >= 4 is 0 Å². The van der Waals surface area contributed by atoms with Crippen LogP contribution in [-0.2, 0) is 0 Å². The average molecular weight is 389 g/mol. The Morgan fingerprint density at radius 3 is 2.32 bits per heavy atom. The molecule has 0 spiro atoms. The summed E-state index contributed by atoms with van der Waals surface area (Å²) in [7, 11) is 0. The van der Waals surface area contributed by atoms with Crippen molar-refractivity contribution in [2.24, 2.45) is 52.8 Å². The number of fused-ring (bicyclic) bond motifs is 5. The van der Waals surface area contributed by atoms with Crippen LogP contribution in [0.2, 0.25) is 0 Å². The minimum Gasteiger partial charge on any atom is -0.390 e. The minimum absolute atomic E-state index is 0.415. The molecule has 0 unspecified atom stereocenters. The number of hydrogen-bond acceptors (Lipinski definition) is 1. The summed E-state index contributed by atoms with van der Waals surface area (Å²) in [6.07, 6.45) is 16.9. The Hall–Kier alpha value is -0.0400. The van der Waals surface area contributed by atoms with Crippen molar-refractivity contribution in [2.45, 2.75) is 117 Å². The highest BCUT2D eigenvalue weighted by atomic mass is 16.3. The van der Waals surface area contributed by atoms with Gasteiger partial charge in [0.05, 0.1) is 5.60 Å². The van der Waals surface area contributed by atoms with Gasteiger partial charge in [-0.05, 0) is 111 Å². The molecule has 0 aromatic rings. The van der Waals surface area contributed by atoms with Gasteiger partial charge >= 0.3 is 0 Å². The molecule has 1 N–H and O–H groups in total. The fraction of sp³-hybridized carbons (Fsp3) is 1.00. The van der Waals surface area contributed by atoms with Crippen LogP contribution in [0.1, 0.15) is 112 Å². The molecule has 4 rings (SSSR count). The number of rotatable bonds is 5. The number of unbranched alkanes of at least 4 members (excludes halogenated alkanes) is 2. The van der Waals surface area contributed by atoms with Gasteiger partial charge < -0.3 is 5.11 Å². The van der Waals surface area contributed by atoms with Crippen LogP contribution in [0.5, 0.6) is 0 Å². The molecular weight excluding hydrogens is 340 g/mol. The van der Waals surface area contributed by atoms with Gasteiger partial charge in [-0.2, -0.15) is 0 Å². The lowest BCUT2D eigenvalue weighted by atomic mass is 9.46. The van der Waals surface area contributed by atoms with E-state index in [9.17, 15) is 5.11 Å². The zero-order valence-corrected chi connectivity index (χ0v) is 19.6. The molecule has 162 valence electrons. The Balaban J connectivity index is 1.47. The number of aliphatic hydroxyl groups is 1. The van der Waals surface area contributed by atoms with Gasteiger partial charge in [0.2, 0.25) is 0 Å². The van der Waals surface area contributed by atoms with Crippen molar-refractivity contribution in [2.75, 3.05) is 0 Å². The van der Waals surface area contributed by atoms with Gasteiger partial charge in [0.15, 0.2) is 0 Å². The third kappa shape index (κ3) is 3.40. The highest BCUT2D eigenvalue weighted by Gasteiger charge is 2.59. The molecule has 0 radical (unpaired) electrons. The second kappa shape index (κ2) is 7.90. The van der Waals surface area contributed by atoms with E-state index in [0.717, 1.165) is 47.8 Å². The summed E-state index contributed by atoms with van der Waals surface area (Å²) in [5.41, 5.74) is 0.211. The van der Waals surface area contributed by atoms with E-state index in [1.165, 1.54) is 70.6 Å². The molecule has 4 aliphatic carbocycles. The summed E-state index contributed by atoms with van der Waals surface area (Å²) in [6, 6.07) is 0. The predicted octanol–water partition coefficient (Wildman–Crippen LogP) is 7.47. The van der Waals surface area contributed by atoms with Crippen LogP contribution in [0.3, 0.4) is 0 Å². The van der Waals surface area contributed by atoms with Crippen molar-refractivity contribution in [1.82, 2.24) is 0 Å². The molecule has 0 bridgehead atoms. The second-order valence-corrected chi connectivity index (χ2v) is 12.2. The van der Waals surface area contributed by atoms with E-state index in [-0.39, 0.29) is 0 Å². The molecular formula is C27H48O. The molecule has 0 aromatic heterocycles. The SMILES string of the molecule is CCCCC[C@H](C)[C@H]1CC[C@@]2(C)[C@@H]3CC[C@@H]4[C@H](CC[C@](C)(O)[C@H]4C)[C@H]3CC[C@H]12. The Bertz CT molecular complexity index is 538. The van der Waals surface area contributed by atoms with Crippen molar-refractivity contribution < 1.29 is 5.11 Å². The first-order valence-corrected chi connectivity index (χ1v) is 13.0. The molecule has 0 amide bonds. The lowest BCUT2D eigenvalue weighted by molar-refractivity contribution is -0.138. The molecule has 10 atom stereocenters. The van der Waals surface area contributed by atoms with Crippen LogP contribution in [0.4, 0.5) is 0 Å². The highest BCUT2D eigenvalue weighted by Crippen LogP contribution is 2.66. The normalized spacial score (nSPS) is 51.9. The van der Waals surface area contributed by atoms with Gasteiger partial charge in [0.1, 0.15) is 0 Å². The van der Waals surface area contributed by atoms with Gasteiger partial charge in [-0.15, -0.1) is 0 Å². The molecule has 4 fully saturated rings. The van der Waals surface area contributed by atoms with Crippen LogP contribution in [0, 0.1) is 52.8 Å². The molecule has 0 heterocycles. The van der Waals surface area contributed by atoms with E-state index in [4.69, 9.17) is 0 Å². The van der Waals surface area contributed by atoms with E-state index in [1.54, 1.807) is 0 Å². The molecule has 1 nitrogen and oxygen atoms in total. The standard InChI is InChI=1S/C27H48O/c1-6-7-8-9-18(2)20-14-16-26(4)24(20)13-11-23-22-15-17-27(5,28)19(3)21(22)10-12-25(23)26/h18-25,28H,6-17H2,1-5H3/t18-,19-,20+,21-,22-,23+,24+,25+,26+,27-/m0/s1. The Labute approximate surface area is 175 Å². The van der Waals surface area contributed by atoms with Crippen LogP contribution < -0.4 is 0 Å². The zero-order valence-electron chi connectivity index (χ0n) is 19.6. The summed E-state index contributed by atoms with van der Waals surface area (Å²) >= 11 is 0. The van der Waals surface area contributed by atoms with Gasteiger partial charge in [-0.25, -0.2) is 0 Å². The largest absolute Gasteiger partial charge is 0.390 e. The summed E-state index contributed by atoms with van der Waals surface area (Å²) in [6.45, 7) is 12.1. The summed E-state index contributed by atoms with van der Waals surface area (Å²) in [5, 5.41) is 10.9. The van der Waals surface area contributed by atoms with E-state index >= 15 is 0 Å². The Morgan fingerprint density at radius 2 is 1.57 bits per heavy atom. The first-order valence-electron chi connectivity index (χ1n) is 13.0. The molecule has 0 aliphatic heterocycles. The number of hydrogen-bond donors (Lipinski definition) is 1. The first-order chi connectivity index (χ1) is 13.3. The third-order valence-electron chi connectivity index (χ3n) is 11.1. The average Bonchev–Trinajstić information content (AvgIpc) is 3.02. The predicted molar refractivity (Wildman–Crippen MR) is 119 cm³/mol. The van der Waals surface area contributed by atoms with Crippen LogP contribution >= 0.6 is 0 Å². The van der Waals surface area contributed by atoms with Gasteiger partial charge in [-0.3, -0.25) is 0 Å². The van der Waals surface area contributed by atoms with Crippen molar-refractivity contribution in [1.29, 1.82) is 0 Å². The fourth-order valence-electron chi connectivity index (χ4n) is 9.19. The highest BCUT2D eigenvalue weighted by molar-refractivity contribution is 5.08. The summed E-state index contributed by atoms with van der Waals surface area (Å²) in [5.74, 6) is 7.09. The topological polar surface area (TPSA) is 20.2 Å². The third-order valence-corrected chi connectivity index (χ3v) is 11.1. The zero-order chi connectivity index (χ0) is 20.1. The van der Waals surface area contributed by atoms with Gasteiger partial charge in [-0.1, -0.05) is 53.4 Å². The van der Waals surface area contributed by atoms with Crippen LogP contribution in [0.15, 0.2) is 0 Å². The Kier molecular flexibility index (Phi) is 5.98. The lowest BCUT2D eigenvalue weighted by Crippen LogP contribution is -2.54. The quantitative estimate of drug-likeness (QED) is 0.484. The maximum atomic E-state index is 10.9. The smallest absolute Gasteiger partial charge is 0.0648 e. The molecule has 28 heavy (non-hydrogen) atoms. The fourth-order valence-corrected chi connectivity index (χ4v) is 9.19. The van der Waals surface area contributed by atoms with Crippen molar-refractivity contribution in [3.8, 4) is 0 Å². The van der Waals surface area contributed by atoms with Crippen LogP contribution in [0.25, 0.3) is 0 Å². The Morgan fingerprint density at radius 1 is 0.857 bits per heavy atom. The molecule has 0 saturated heterocycles. The maximum absolute atomic E-state index is 10.9. The van der Waals surface area contributed by atoms with Gasteiger partial charge in [0, 0.05) is 0 Å². The summed E-state index contributed by atoms with van der Waals surface area (Å²) in [4.78, 5) is 0. The van der Waals surface area contributed by atoms with Crippen molar-refractivity contribution in [3.63, 3.8) is 0 Å². The molecule has 4 saturated carbocycles. The van der Waals surface area contributed by atoms with Gasteiger partial charge in [0.25, 0.3) is 0 Å². The molecule has 1 heteroatoms. The molecule has 4 aliphatic rings. The van der Waals surface area contributed by atoms with E-state index in [1.807, 2.05) is 0 Å². The van der Waals surface area contributed by atoms with E-state index in [0.29, 0.717) is 11.3 Å². The lowest BCUT2D eigenvalue weighted by Gasteiger charge is -2.59.